The van der Waals surface area contributed by atoms with Crippen molar-refractivity contribution in [2.75, 3.05) is 0 Å². The molecule has 0 heterocycles. The Morgan fingerprint density at radius 3 is 2.50 bits per heavy atom. The first-order valence-electron chi connectivity index (χ1n) is 5.77. The Balaban J connectivity index is 2.18. The molecule has 2 rings (SSSR count). The Bertz CT molecular complexity index is 718. The standard InChI is InChI=1S/C7H4FOS.C6H4BCl2O2.Au/c8-6-3-1-2-4-7(6)9-5-10;8-4-1-2-5(7(10)11)6(9)3-4;/h1-4H;2-3,10-11H;. The van der Waals surface area contributed by atoms with Crippen molar-refractivity contribution in [1.29, 1.82) is 0 Å². The van der Waals surface area contributed by atoms with Crippen LogP contribution < -0.4 is 14.0 Å². The van der Waals surface area contributed by atoms with E-state index in [0.717, 1.165) is 0 Å². The molecular formula is C13H8AuBCl2FO3S. The van der Waals surface area contributed by atoms with Crippen LogP contribution in [0.1, 0.15) is 0 Å². The van der Waals surface area contributed by atoms with Gasteiger partial charge < -0.3 is 0 Å². The van der Waals surface area contributed by atoms with Crippen LogP contribution in [0.2, 0.25) is 10.0 Å². The monoisotopic (exact) mass is 541 g/mol. The molecule has 0 amide bonds. The van der Waals surface area contributed by atoms with Gasteiger partial charge in [-0.3, -0.25) is 0 Å². The van der Waals surface area contributed by atoms with Crippen LogP contribution in [0.3, 0.4) is 0 Å². The van der Waals surface area contributed by atoms with Crippen LogP contribution in [0.25, 0.3) is 0 Å². The van der Waals surface area contributed by atoms with E-state index in [2.05, 4.69) is 0 Å². The predicted molar refractivity (Wildman–Crippen MR) is 85.5 cm³/mol. The molecule has 22 heavy (non-hydrogen) atoms. The number of hydrogen-bond acceptors (Lipinski definition) is 4. The van der Waals surface area contributed by atoms with E-state index in [1.807, 2.05) is 0 Å². The van der Waals surface area contributed by atoms with Crippen molar-refractivity contribution in [3.63, 3.8) is 0 Å². The minimum absolute atomic E-state index is 0.0382. The molecule has 0 saturated carbocycles. The first-order chi connectivity index (χ1) is 10.4. The molecule has 0 radical (unpaired) electrons. The average Bonchev–Trinajstić information content (AvgIpc) is 2.44. The van der Waals surface area contributed by atoms with Crippen molar-refractivity contribution < 1.29 is 38.9 Å². The third-order valence-corrected chi connectivity index (χ3v) is 6.13. The number of para-hydroxylation sites is 1. The second kappa shape index (κ2) is 7.90. The molecule has 0 aliphatic heterocycles. The summed E-state index contributed by atoms with van der Waals surface area (Å²) in [5.74, 6) is -0.475. The van der Waals surface area contributed by atoms with Gasteiger partial charge in [0.15, 0.2) is 0 Å². The molecule has 9 heteroatoms. The van der Waals surface area contributed by atoms with Crippen molar-refractivity contribution in [3.8, 4) is 5.75 Å². The minimum atomic E-state index is -1.72. The summed E-state index contributed by atoms with van der Waals surface area (Å²) in [7, 11) is -1.72. The Kier molecular flexibility index (Phi) is 6.43. The molecule has 0 aromatic heterocycles. The number of ether oxygens (including phenoxy) is 1. The van der Waals surface area contributed by atoms with Gasteiger partial charge in [-0.05, 0) is 0 Å². The fourth-order valence-corrected chi connectivity index (χ4v) is 4.54. The summed E-state index contributed by atoms with van der Waals surface area (Å²) in [6, 6.07) is 8.79. The quantitative estimate of drug-likeness (QED) is 0.459. The Morgan fingerprint density at radius 2 is 1.86 bits per heavy atom. The molecular weight excluding hydrogens is 534 g/mol. The zero-order valence-electron chi connectivity index (χ0n) is 10.7. The average molecular weight is 542 g/mol. The van der Waals surface area contributed by atoms with E-state index in [1.54, 1.807) is 12.1 Å². The molecule has 2 N–H and O–H groups in total. The molecule has 3 nitrogen and oxygen atoms in total. The first-order valence-corrected chi connectivity index (χ1v) is 9.10. The molecule has 2 aromatic rings. The number of halogens is 3. The second-order valence-electron chi connectivity index (χ2n) is 3.93. The zero-order chi connectivity index (χ0) is 16.3. The molecule has 0 unspecified atom stereocenters. The fourth-order valence-electron chi connectivity index (χ4n) is 1.46. The normalized spacial score (nSPS) is 10.6. The van der Waals surface area contributed by atoms with Crippen molar-refractivity contribution >= 4 is 55.1 Å². The molecule has 119 valence electrons. The fraction of sp³-hybridized carbons (Fsp3) is 0. The summed E-state index contributed by atoms with van der Waals surface area (Å²) < 4.78 is 19.6. The summed E-state index contributed by atoms with van der Waals surface area (Å²) in [6.45, 7) is 0. The third kappa shape index (κ3) is 4.53. The van der Waals surface area contributed by atoms with E-state index >= 15 is 0 Å². The molecule has 0 atom stereocenters. The predicted octanol–water partition coefficient (Wildman–Crippen LogP) is 1.88. The molecule has 0 saturated heterocycles. The van der Waals surface area contributed by atoms with Gasteiger partial charge in [0.1, 0.15) is 0 Å². The maximum absolute atomic E-state index is 13.5. The summed E-state index contributed by atoms with van der Waals surface area (Å²) in [6.07, 6.45) is 0. The van der Waals surface area contributed by atoms with Crippen LogP contribution in [0, 0.1) is 5.82 Å². The van der Waals surface area contributed by atoms with Gasteiger partial charge in [-0.25, -0.2) is 0 Å². The van der Waals surface area contributed by atoms with Crippen LogP contribution >= 0.6 is 35.4 Å². The molecule has 2 aromatic carbocycles. The van der Waals surface area contributed by atoms with Crippen molar-refractivity contribution in [2.45, 2.75) is 0 Å². The van der Waals surface area contributed by atoms with E-state index < -0.39 is 32.7 Å². The summed E-state index contributed by atoms with van der Waals surface area (Å²) in [5, 5.41) is 19.0. The topological polar surface area (TPSA) is 49.7 Å². The SMILES string of the molecule is OB(O)c1c[c]([Au][C](=S)Oc2ccccc2F)c(Cl)cc1Cl. The van der Waals surface area contributed by atoms with Crippen LogP contribution in [0.4, 0.5) is 4.39 Å². The summed E-state index contributed by atoms with van der Waals surface area (Å²) in [5.41, 5.74) is 0.131. The first kappa shape index (κ1) is 17.9. The van der Waals surface area contributed by atoms with Gasteiger partial charge in [-0.1, -0.05) is 0 Å². The van der Waals surface area contributed by atoms with Crippen LogP contribution in [-0.2, 0) is 19.8 Å². The number of benzene rings is 2. The summed E-state index contributed by atoms with van der Waals surface area (Å²) in [4.78, 5) is 0. The Hall–Kier alpha value is -0.435. The van der Waals surface area contributed by atoms with E-state index in [1.165, 1.54) is 24.3 Å². The Labute approximate surface area is 151 Å². The van der Waals surface area contributed by atoms with Crippen LogP contribution in [0.15, 0.2) is 36.4 Å². The van der Waals surface area contributed by atoms with Crippen molar-refractivity contribution in [3.05, 3.63) is 52.3 Å². The van der Waals surface area contributed by atoms with Gasteiger partial charge in [0.2, 0.25) is 0 Å². The molecule has 0 spiro atoms. The van der Waals surface area contributed by atoms with Crippen molar-refractivity contribution in [2.24, 2.45) is 0 Å². The van der Waals surface area contributed by atoms with Gasteiger partial charge in [0, 0.05) is 0 Å². The summed E-state index contributed by atoms with van der Waals surface area (Å²) >= 11 is 16.2. The number of hydrogen-bond donors (Lipinski definition) is 2. The molecule has 0 bridgehead atoms. The number of thiocarbonyl (C=S) groups is 1. The van der Waals surface area contributed by atoms with Crippen molar-refractivity contribution in [1.82, 2.24) is 0 Å². The zero-order valence-corrected chi connectivity index (χ0v) is 15.2. The second-order valence-corrected chi connectivity index (χ2v) is 8.52. The maximum atomic E-state index is 13.5. The van der Waals surface area contributed by atoms with Gasteiger partial charge in [-0.2, -0.15) is 0 Å². The molecule has 0 fully saturated rings. The van der Waals surface area contributed by atoms with Gasteiger partial charge in [-0.15, -0.1) is 0 Å². The van der Waals surface area contributed by atoms with E-state index in [4.69, 9.17) is 40.2 Å². The van der Waals surface area contributed by atoms with Crippen LogP contribution in [0.5, 0.6) is 5.75 Å². The van der Waals surface area contributed by atoms with E-state index in [9.17, 15) is 14.4 Å². The van der Waals surface area contributed by atoms with Gasteiger partial charge in [0.25, 0.3) is 0 Å². The molecule has 0 aliphatic rings. The van der Waals surface area contributed by atoms with Crippen LogP contribution in [-0.4, -0.2) is 20.4 Å². The van der Waals surface area contributed by atoms with E-state index in [0.29, 0.717) is 8.80 Å². The number of rotatable bonds is 4. The van der Waals surface area contributed by atoms with E-state index in [-0.39, 0.29) is 19.5 Å². The third-order valence-electron chi connectivity index (χ3n) is 2.45. The molecule has 0 aliphatic carbocycles. The van der Waals surface area contributed by atoms with Gasteiger partial charge >= 0.3 is 152 Å². The van der Waals surface area contributed by atoms with Gasteiger partial charge in [0.05, 0.1) is 0 Å². The Morgan fingerprint density at radius 1 is 1.18 bits per heavy atom.